The Labute approximate surface area is 266 Å². The van der Waals surface area contributed by atoms with Crippen LogP contribution >= 0.6 is 15.9 Å². The second-order valence-electron chi connectivity index (χ2n) is 10.7. The highest BCUT2D eigenvalue weighted by Crippen LogP contribution is 2.44. The molecular formula is C32H40BrN5O6. The number of amides is 1. The Morgan fingerprint density at radius 1 is 0.932 bits per heavy atom. The number of nitrogens with one attached hydrogen (secondary N) is 1. The van der Waals surface area contributed by atoms with Gasteiger partial charge in [-0.1, -0.05) is 21.9 Å². The van der Waals surface area contributed by atoms with E-state index >= 15 is 0 Å². The maximum Gasteiger partial charge on any atom is 0.240 e. The zero-order valence-electron chi connectivity index (χ0n) is 25.0. The number of benzene rings is 1. The van der Waals surface area contributed by atoms with E-state index in [9.17, 15) is 4.79 Å². The van der Waals surface area contributed by atoms with Crippen LogP contribution in [-0.2, 0) is 47.0 Å². The number of imidazole rings is 1. The van der Waals surface area contributed by atoms with Crippen molar-refractivity contribution < 1.29 is 28.5 Å². The van der Waals surface area contributed by atoms with Crippen LogP contribution in [0.1, 0.15) is 24.2 Å². The maximum atomic E-state index is 13.7. The number of ether oxygens (including phenoxy) is 5. The molecule has 236 valence electrons. The van der Waals surface area contributed by atoms with Gasteiger partial charge in [-0.25, -0.2) is 4.98 Å². The summed E-state index contributed by atoms with van der Waals surface area (Å²) in [5.74, 6) is 3.39. The average molecular weight is 671 g/mol. The number of nitrogens with zero attached hydrogens (tertiary/aromatic N) is 4. The fourth-order valence-corrected chi connectivity index (χ4v) is 5.86. The molecule has 3 aromatic rings. The lowest BCUT2D eigenvalue weighted by molar-refractivity contribution is -0.125. The standard InChI is InChI=1S/C32H40BrN5O6/c1-2-10-40-12-14-42-16-18-44-19-17-43-15-13-41-11-4-3-9-37-28-6-5-25(33)20-27(28)36-30(37)22-38-29-21-34-8-7-26(29)32(31(38)39)23-35-24-32/h1,5-8,20-21,35H,3-4,9-19,22-24H2. The van der Waals surface area contributed by atoms with Gasteiger partial charge in [0.2, 0.25) is 5.91 Å². The van der Waals surface area contributed by atoms with E-state index < -0.39 is 5.41 Å². The fourth-order valence-electron chi connectivity index (χ4n) is 5.51. The van der Waals surface area contributed by atoms with Crippen molar-refractivity contribution in [2.75, 3.05) is 84.1 Å². The minimum atomic E-state index is -0.486. The van der Waals surface area contributed by atoms with Gasteiger partial charge in [0.15, 0.2) is 0 Å². The summed E-state index contributed by atoms with van der Waals surface area (Å²) in [6, 6.07) is 8.11. The molecule has 4 heterocycles. The number of carbonyl (C=O) groups excluding carboxylic acids is 1. The van der Waals surface area contributed by atoms with Crippen LogP contribution < -0.4 is 10.2 Å². The predicted octanol–water partition coefficient (Wildman–Crippen LogP) is 3.08. The molecule has 0 unspecified atom stereocenters. The van der Waals surface area contributed by atoms with Crippen molar-refractivity contribution in [1.82, 2.24) is 19.9 Å². The summed E-state index contributed by atoms with van der Waals surface area (Å²) in [6.07, 6.45) is 10.5. The molecule has 2 aliphatic heterocycles. The van der Waals surface area contributed by atoms with Gasteiger partial charge in [-0.05, 0) is 42.7 Å². The SMILES string of the molecule is C#CCOCCOCCOCCOCCOCCCCn1c(CN2C(=O)C3(CNC3)c3ccncc32)nc2cc(Br)ccc21. The molecule has 1 spiro atoms. The van der Waals surface area contributed by atoms with Crippen molar-refractivity contribution in [1.29, 1.82) is 0 Å². The first kappa shape index (κ1) is 32.5. The molecule has 11 nitrogen and oxygen atoms in total. The van der Waals surface area contributed by atoms with E-state index in [1.807, 2.05) is 23.1 Å². The van der Waals surface area contributed by atoms with E-state index in [1.165, 1.54) is 0 Å². The lowest BCUT2D eigenvalue weighted by Crippen LogP contribution is -2.61. The molecule has 0 atom stereocenters. The van der Waals surface area contributed by atoms with Crippen LogP contribution in [0.15, 0.2) is 41.1 Å². The predicted molar refractivity (Wildman–Crippen MR) is 170 cm³/mol. The molecule has 0 radical (unpaired) electrons. The maximum absolute atomic E-state index is 13.7. The number of rotatable bonds is 20. The summed E-state index contributed by atoms with van der Waals surface area (Å²) < 4.78 is 30.6. The Balaban J connectivity index is 1.02. The van der Waals surface area contributed by atoms with Gasteiger partial charge < -0.3 is 38.5 Å². The topological polar surface area (TPSA) is 109 Å². The van der Waals surface area contributed by atoms with E-state index in [1.54, 1.807) is 12.4 Å². The van der Waals surface area contributed by atoms with Crippen LogP contribution in [-0.4, -0.2) is 99.6 Å². The first-order valence-corrected chi connectivity index (χ1v) is 15.9. The van der Waals surface area contributed by atoms with Crippen molar-refractivity contribution in [2.24, 2.45) is 0 Å². The van der Waals surface area contributed by atoms with Crippen molar-refractivity contribution in [3.8, 4) is 12.3 Å². The number of aryl methyl sites for hydroxylation is 1. The molecule has 0 aliphatic carbocycles. The molecule has 1 amide bonds. The van der Waals surface area contributed by atoms with Gasteiger partial charge in [-0.2, -0.15) is 0 Å². The van der Waals surface area contributed by atoms with Gasteiger partial charge in [-0.3, -0.25) is 9.78 Å². The third-order valence-corrected chi connectivity index (χ3v) is 8.29. The lowest BCUT2D eigenvalue weighted by Gasteiger charge is -2.37. The molecule has 44 heavy (non-hydrogen) atoms. The molecule has 1 saturated heterocycles. The van der Waals surface area contributed by atoms with Gasteiger partial charge in [0.05, 0.1) is 82.3 Å². The fraction of sp³-hybridized carbons (Fsp3) is 0.531. The van der Waals surface area contributed by atoms with Gasteiger partial charge in [-0.15, -0.1) is 6.42 Å². The van der Waals surface area contributed by atoms with E-state index in [4.69, 9.17) is 35.1 Å². The van der Waals surface area contributed by atoms with Crippen LogP contribution in [0.5, 0.6) is 0 Å². The smallest absolute Gasteiger partial charge is 0.240 e. The highest BCUT2D eigenvalue weighted by atomic mass is 79.9. The summed E-state index contributed by atoms with van der Waals surface area (Å²) in [5, 5.41) is 3.28. The van der Waals surface area contributed by atoms with Gasteiger partial charge in [0.25, 0.3) is 0 Å². The van der Waals surface area contributed by atoms with Gasteiger partial charge >= 0.3 is 0 Å². The number of carbonyl (C=O) groups is 1. The summed E-state index contributed by atoms with van der Waals surface area (Å²) in [7, 11) is 0. The van der Waals surface area contributed by atoms with Crippen molar-refractivity contribution >= 4 is 38.6 Å². The van der Waals surface area contributed by atoms with E-state index in [0.29, 0.717) is 85.7 Å². The van der Waals surface area contributed by atoms with Gasteiger partial charge in [0.1, 0.15) is 17.8 Å². The molecule has 2 aromatic heterocycles. The molecule has 2 aliphatic rings. The minimum absolute atomic E-state index is 0.119. The third-order valence-electron chi connectivity index (χ3n) is 7.80. The lowest BCUT2D eigenvalue weighted by atomic mass is 9.77. The molecular weight excluding hydrogens is 630 g/mol. The number of hydrogen-bond acceptors (Lipinski definition) is 9. The van der Waals surface area contributed by atoms with Crippen molar-refractivity contribution in [3.05, 3.63) is 52.5 Å². The van der Waals surface area contributed by atoms with E-state index in [2.05, 4.69) is 42.8 Å². The number of halogens is 1. The van der Waals surface area contributed by atoms with Crippen LogP contribution in [0.3, 0.4) is 0 Å². The number of pyridine rings is 1. The molecule has 1 fully saturated rings. The number of hydrogen-bond donors (Lipinski definition) is 1. The Morgan fingerprint density at radius 2 is 1.61 bits per heavy atom. The number of terminal acetylenes is 1. The Hall–Kier alpha value is -2.89. The largest absolute Gasteiger partial charge is 0.379 e. The molecule has 12 heteroatoms. The summed E-state index contributed by atoms with van der Waals surface area (Å²) in [6.45, 7) is 7.54. The van der Waals surface area contributed by atoms with Crippen molar-refractivity contribution in [2.45, 2.75) is 31.3 Å². The third kappa shape index (κ3) is 7.84. The highest BCUT2D eigenvalue weighted by Gasteiger charge is 2.55. The first-order chi connectivity index (χ1) is 21.6. The average Bonchev–Trinajstić information content (AvgIpc) is 3.47. The van der Waals surface area contributed by atoms with Crippen LogP contribution in [0, 0.1) is 12.3 Å². The van der Waals surface area contributed by atoms with E-state index in [0.717, 1.165) is 52.0 Å². The first-order valence-electron chi connectivity index (χ1n) is 15.1. The quantitative estimate of drug-likeness (QED) is 0.143. The van der Waals surface area contributed by atoms with Gasteiger partial charge in [0, 0.05) is 36.9 Å². The molecule has 5 rings (SSSR count). The highest BCUT2D eigenvalue weighted by molar-refractivity contribution is 9.10. The van der Waals surface area contributed by atoms with Crippen LogP contribution in [0.25, 0.3) is 11.0 Å². The Kier molecular flexibility index (Phi) is 12.1. The monoisotopic (exact) mass is 669 g/mol. The molecule has 0 saturated carbocycles. The summed E-state index contributed by atoms with van der Waals surface area (Å²) in [5.41, 5.74) is 3.41. The molecule has 0 bridgehead atoms. The number of fused-ring (bicyclic) bond motifs is 3. The van der Waals surface area contributed by atoms with E-state index in [-0.39, 0.29) is 5.91 Å². The summed E-state index contributed by atoms with van der Waals surface area (Å²) in [4.78, 5) is 24.8. The zero-order valence-corrected chi connectivity index (χ0v) is 26.6. The summed E-state index contributed by atoms with van der Waals surface area (Å²) >= 11 is 3.57. The zero-order chi connectivity index (χ0) is 30.6. The second-order valence-corrected chi connectivity index (χ2v) is 11.6. The van der Waals surface area contributed by atoms with Crippen LogP contribution in [0.2, 0.25) is 0 Å². The van der Waals surface area contributed by atoms with Crippen LogP contribution in [0.4, 0.5) is 5.69 Å². The number of anilines is 1. The molecule has 1 N–H and O–H groups in total. The Bertz CT molecular complexity index is 1420. The molecule has 1 aromatic carbocycles. The number of unbranched alkanes of at least 4 members (excludes halogenated alkanes) is 1. The number of aromatic nitrogens is 3. The Morgan fingerprint density at radius 3 is 2.27 bits per heavy atom. The normalized spacial score (nSPS) is 15.2. The second kappa shape index (κ2) is 16.4. The van der Waals surface area contributed by atoms with Crippen molar-refractivity contribution in [3.63, 3.8) is 0 Å². The minimum Gasteiger partial charge on any atom is -0.379 e.